The van der Waals surface area contributed by atoms with E-state index in [1.165, 1.54) is 15.9 Å². The monoisotopic (exact) mass is 325 g/mol. The molecule has 98 valence electrons. The zero-order valence-corrected chi connectivity index (χ0v) is 16.3. The molecule has 17 heavy (non-hydrogen) atoms. The number of nitrogens with zero attached hydrogens (tertiary/aromatic N) is 1. The molecule has 0 spiro atoms. The van der Waals surface area contributed by atoms with Crippen LogP contribution in [0.15, 0.2) is 14.9 Å². The third-order valence-electron chi connectivity index (χ3n) is 2.54. The number of allylic oxidation sites excluding steroid dienone is 2. The Morgan fingerprint density at radius 1 is 1.41 bits per heavy atom. The molecule has 0 saturated carbocycles. The van der Waals surface area contributed by atoms with Crippen LogP contribution in [0.3, 0.4) is 0 Å². The molecule has 1 heterocycles. The van der Waals surface area contributed by atoms with Crippen molar-refractivity contribution in [1.29, 1.82) is 0 Å². The first kappa shape index (κ1) is 16.4. The van der Waals surface area contributed by atoms with Crippen LogP contribution < -0.4 is 0 Å². The van der Waals surface area contributed by atoms with Crippen LogP contribution in [0.5, 0.6) is 0 Å². The molecular weight excluding hydrogens is 302 g/mol. The Balaban J connectivity index is 3.34. The Morgan fingerprint density at radius 3 is 2.29 bits per heavy atom. The van der Waals surface area contributed by atoms with Crippen LogP contribution in [-0.2, 0) is 0 Å². The SMILES string of the molecule is C=S1N=C(P(P)PP)C(C(C)C)=C1C(C)(C)C. The van der Waals surface area contributed by atoms with Crippen molar-refractivity contribution in [2.45, 2.75) is 34.6 Å². The van der Waals surface area contributed by atoms with Crippen LogP contribution in [0.25, 0.3) is 0 Å². The molecule has 0 aromatic carbocycles. The molecule has 0 saturated heterocycles. The van der Waals surface area contributed by atoms with E-state index in [1.807, 2.05) is 0 Å². The highest BCUT2D eigenvalue weighted by Crippen LogP contribution is 2.70. The normalized spacial score (nSPS) is 24.0. The van der Waals surface area contributed by atoms with Gasteiger partial charge in [0, 0.05) is 4.91 Å². The van der Waals surface area contributed by atoms with Crippen molar-refractivity contribution in [2.75, 3.05) is 0 Å². The minimum Gasteiger partial charge on any atom is -0.219 e. The molecule has 0 fully saturated rings. The molecule has 6 heteroatoms. The average Bonchev–Trinajstić information content (AvgIpc) is 2.54. The zero-order valence-electron chi connectivity index (χ0n) is 11.2. The topological polar surface area (TPSA) is 12.4 Å². The fraction of sp³-hybridized carbons (Fsp3) is 0.636. The molecule has 0 aromatic heterocycles. The lowest BCUT2D eigenvalue weighted by Crippen LogP contribution is -2.13. The third-order valence-corrected chi connectivity index (χ3v) is 14.2. The van der Waals surface area contributed by atoms with Gasteiger partial charge < -0.3 is 0 Å². The van der Waals surface area contributed by atoms with Gasteiger partial charge in [-0.15, -0.1) is 17.9 Å². The second-order valence-electron chi connectivity index (χ2n) is 5.43. The number of hydrogen-bond donors (Lipinski definition) is 0. The van der Waals surface area contributed by atoms with E-state index in [0.29, 0.717) is 5.92 Å². The lowest BCUT2D eigenvalue weighted by Gasteiger charge is -2.25. The first-order valence-corrected chi connectivity index (χ1v) is 13.5. The molecular formula is C11H23NP4S. The molecule has 0 bridgehead atoms. The molecule has 5 unspecified atom stereocenters. The quantitative estimate of drug-likeness (QED) is 0.471. The van der Waals surface area contributed by atoms with Gasteiger partial charge in [0.05, 0.1) is 5.45 Å². The summed E-state index contributed by atoms with van der Waals surface area (Å²) in [5.41, 5.74) is 3.02. The van der Waals surface area contributed by atoms with E-state index in [-0.39, 0.29) is 23.4 Å². The lowest BCUT2D eigenvalue weighted by molar-refractivity contribution is 0.525. The summed E-state index contributed by atoms with van der Waals surface area (Å²) in [7, 11) is 6.37. The van der Waals surface area contributed by atoms with Gasteiger partial charge in [-0.3, -0.25) is 0 Å². The van der Waals surface area contributed by atoms with Crippen molar-refractivity contribution in [3.8, 4) is 0 Å². The van der Waals surface area contributed by atoms with Crippen molar-refractivity contribution in [1.82, 2.24) is 0 Å². The second kappa shape index (κ2) is 6.20. The highest BCUT2D eigenvalue weighted by Gasteiger charge is 2.33. The van der Waals surface area contributed by atoms with Crippen molar-refractivity contribution in [2.24, 2.45) is 15.7 Å². The van der Waals surface area contributed by atoms with E-state index in [2.05, 4.69) is 58.3 Å². The Kier molecular flexibility index (Phi) is 5.98. The standard InChI is InChI=1S/C11H23NP4S/c1-7(2)8-9(11(3,4)5)17(6)12-10(8)16(14)15-13/h7,15H,6,13-14H2,1-5H3. The van der Waals surface area contributed by atoms with Gasteiger partial charge in [0.25, 0.3) is 0 Å². The van der Waals surface area contributed by atoms with Gasteiger partial charge in [0.2, 0.25) is 0 Å². The van der Waals surface area contributed by atoms with Crippen LogP contribution in [-0.4, -0.2) is 11.3 Å². The molecule has 0 radical (unpaired) electrons. The predicted octanol–water partition coefficient (Wildman–Crippen LogP) is 5.63. The summed E-state index contributed by atoms with van der Waals surface area (Å²) in [4.78, 5) is 1.47. The summed E-state index contributed by atoms with van der Waals surface area (Å²) in [6, 6.07) is 0. The largest absolute Gasteiger partial charge is 0.219 e. The summed E-state index contributed by atoms with van der Waals surface area (Å²) in [5.74, 6) is 4.81. The summed E-state index contributed by atoms with van der Waals surface area (Å²) in [6.45, 7) is 11.4. The molecule has 0 aromatic rings. The molecule has 0 N–H and O–H groups in total. The average molecular weight is 325 g/mol. The molecule has 1 aliphatic rings. The Labute approximate surface area is 116 Å². The van der Waals surface area contributed by atoms with Crippen molar-refractivity contribution < 1.29 is 0 Å². The Bertz CT molecular complexity index is 393. The fourth-order valence-corrected chi connectivity index (χ4v) is 8.14. The maximum atomic E-state index is 4.87. The van der Waals surface area contributed by atoms with E-state index in [0.717, 1.165) is 7.96 Å². The first-order chi connectivity index (χ1) is 7.70. The van der Waals surface area contributed by atoms with Gasteiger partial charge in [0.15, 0.2) is 0 Å². The van der Waals surface area contributed by atoms with Crippen LogP contribution in [0.4, 0.5) is 0 Å². The van der Waals surface area contributed by atoms with Crippen molar-refractivity contribution in [3.05, 3.63) is 10.5 Å². The number of hydrogen-bond acceptors (Lipinski definition) is 1. The fourth-order valence-electron chi connectivity index (χ4n) is 1.94. The van der Waals surface area contributed by atoms with Crippen LogP contribution in [0, 0.1) is 11.3 Å². The predicted molar refractivity (Wildman–Crippen MR) is 98.1 cm³/mol. The van der Waals surface area contributed by atoms with Gasteiger partial charge in [-0.2, -0.15) is 0 Å². The maximum Gasteiger partial charge on any atom is 0.0836 e. The molecule has 0 amide bonds. The van der Waals surface area contributed by atoms with Gasteiger partial charge >= 0.3 is 0 Å². The highest BCUT2D eigenvalue weighted by molar-refractivity contribution is 8.66. The summed E-state index contributed by atoms with van der Waals surface area (Å²) >= 11 is 0. The molecule has 1 rings (SSSR count). The van der Waals surface area contributed by atoms with E-state index >= 15 is 0 Å². The van der Waals surface area contributed by atoms with Crippen LogP contribution in [0.2, 0.25) is 0 Å². The Hall–Kier alpha value is 1.35. The number of rotatable bonds is 3. The van der Waals surface area contributed by atoms with Crippen LogP contribution in [0.1, 0.15) is 34.6 Å². The molecule has 1 aliphatic heterocycles. The van der Waals surface area contributed by atoms with E-state index < -0.39 is 0 Å². The van der Waals surface area contributed by atoms with E-state index in [9.17, 15) is 0 Å². The molecule has 1 nitrogen and oxygen atoms in total. The summed E-state index contributed by atoms with van der Waals surface area (Å²) in [5, 5.41) is 0. The highest BCUT2D eigenvalue weighted by atomic mass is 32.6. The maximum absolute atomic E-state index is 4.87. The Morgan fingerprint density at radius 2 is 1.94 bits per heavy atom. The first-order valence-electron chi connectivity index (χ1n) is 5.59. The summed E-state index contributed by atoms with van der Waals surface area (Å²) < 4.78 is 4.87. The van der Waals surface area contributed by atoms with Crippen LogP contribution >= 0.6 is 43.8 Å². The van der Waals surface area contributed by atoms with Gasteiger partial charge in [-0.05, 0) is 40.7 Å². The lowest BCUT2D eigenvalue weighted by atomic mass is 9.89. The molecule has 0 aliphatic carbocycles. The van der Waals surface area contributed by atoms with Gasteiger partial charge in [-0.1, -0.05) is 42.6 Å². The van der Waals surface area contributed by atoms with Gasteiger partial charge in [0.1, 0.15) is 0 Å². The zero-order chi connectivity index (χ0) is 13.4. The second-order valence-corrected chi connectivity index (χ2v) is 15.8. The summed E-state index contributed by atoms with van der Waals surface area (Å²) in [6.07, 6.45) is 0. The molecule has 5 atom stereocenters. The third kappa shape index (κ3) is 3.68. The van der Waals surface area contributed by atoms with E-state index in [4.69, 9.17) is 4.40 Å². The smallest absolute Gasteiger partial charge is 0.0836 e. The van der Waals surface area contributed by atoms with Gasteiger partial charge in [-0.25, -0.2) is 4.40 Å². The van der Waals surface area contributed by atoms with E-state index in [1.54, 1.807) is 0 Å². The van der Waals surface area contributed by atoms with Crippen molar-refractivity contribution >= 4 is 55.1 Å². The minimum absolute atomic E-state index is 0.167. The minimum atomic E-state index is -0.185. The van der Waals surface area contributed by atoms with Crippen molar-refractivity contribution in [3.63, 3.8) is 0 Å².